The van der Waals surface area contributed by atoms with Gasteiger partial charge < -0.3 is 22.1 Å². The highest BCUT2D eigenvalue weighted by molar-refractivity contribution is 6.04. The molecule has 1 aliphatic carbocycles. The first-order valence-corrected chi connectivity index (χ1v) is 12.8. The van der Waals surface area contributed by atoms with Crippen LogP contribution in [0.1, 0.15) is 46.9 Å². The van der Waals surface area contributed by atoms with Crippen molar-refractivity contribution in [2.75, 3.05) is 29.1 Å². The number of halogens is 3. The van der Waals surface area contributed by atoms with Gasteiger partial charge in [-0.1, -0.05) is 18.6 Å². The fourth-order valence-electron chi connectivity index (χ4n) is 4.54. The van der Waals surface area contributed by atoms with Crippen LogP contribution in [-0.2, 0) is 6.18 Å². The number of hydrogen-bond acceptors (Lipinski definition) is 9. The van der Waals surface area contributed by atoms with Crippen molar-refractivity contribution in [3.8, 4) is 11.3 Å². The highest BCUT2D eigenvalue weighted by Crippen LogP contribution is 2.39. The molecule has 0 aliphatic heterocycles. The van der Waals surface area contributed by atoms with Gasteiger partial charge in [-0.15, -0.1) is 0 Å². The Balaban J connectivity index is 0.000000336. The number of alkyl halides is 3. The third-order valence-electron chi connectivity index (χ3n) is 7.03. The van der Waals surface area contributed by atoms with Gasteiger partial charge in [0.1, 0.15) is 40.0 Å². The van der Waals surface area contributed by atoms with Crippen molar-refractivity contribution in [1.82, 2.24) is 19.4 Å². The number of carbonyl (C=O) groups excluding carboxylic acids is 1. The van der Waals surface area contributed by atoms with Crippen LogP contribution < -0.4 is 33.0 Å². The third-order valence-corrected chi connectivity index (χ3v) is 7.03. The first-order valence-electron chi connectivity index (χ1n) is 12.8. The van der Waals surface area contributed by atoms with Gasteiger partial charge in [-0.3, -0.25) is 18.8 Å². The molecule has 216 valence electrons. The van der Waals surface area contributed by atoms with Crippen LogP contribution in [0.3, 0.4) is 0 Å². The van der Waals surface area contributed by atoms with Crippen LogP contribution in [0.15, 0.2) is 64.6 Å². The molecular formula is C28H25F3N8O3. The molecule has 3 heterocycles. The summed E-state index contributed by atoms with van der Waals surface area (Å²) in [5, 5.41) is 4.92. The monoisotopic (exact) mass is 578 g/mol. The Labute approximate surface area is 236 Å². The Bertz CT molecular complexity index is 1850. The molecule has 42 heavy (non-hydrogen) atoms. The van der Waals surface area contributed by atoms with E-state index in [0.29, 0.717) is 22.9 Å². The minimum Gasteiger partial charge on any atom is -0.394 e. The minimum atomic E-state index is -4.52. The molecule has 11 nitrogen and oxygen atoms in total. The lowest BCUT2D eigenvalue weighted by molar-refractivity contribution is -0.137. The lowest BCUT2D eigenvalue weighted by Gasteiger charge is -2.23. The summed E-state index contributed by atoms with van der Waals surface area (Å²) in [6.07, 6.45) is 3.29. The lowest BCUT2D eigenvalue weighted by atomic mass is 9.85. The van der Waals surface area contributed by atoms with Crippen molar-refractivity contribution in [1.29, 1.82) is 0 Å². The number of amides is 1. The molecule has 0 atom stereocenters. The summed E-state index contributed by atoms with van der Waals surface area (Å²) >= 11 is 0. The van der Waals surface area contributed by atoms with Gasteiger partial charge in [0.15, 0.2) is 0 Å². The van der Waals surface area contributed by atoms with Crippen molar-refractivity contribution >= 4 is 34.4 Å². The van der Waals surface area contributed by atoms with Crippen LogP contribution in [0.2, 0.25) is 0 Å². The van der Waals surface area contributed by atoms with Gasteiger partial charge in [-0.2, -0.15) is 13.2 Å². The molecule has 14 heteroatoms. The van der Waals surface area contributed by atoms with Crippen LogP contribution in [0.25, 0.3) is 16.8 Å². The number of pyridine rings is 1. The fraction of sp³-hybridized carbons (Fsp3) is 0.214. The standard InChI is InChI=1S/C23H19F3N6O.C5H6N2O2/c24-23(25,26)16-8-9-28-17(12-16)30-22(33)15-6-4-13(5-7-15)18-19-20(27)29-10-11-32(19)21(31-18)14-2-1-3-14;1-7-3-2(6)4(8)5(3)9/h4-12,14H,1-3H2,(H2,27,29)(H,28,30,33);7H,6H2,1H3. The first kappa shape index (κ1) is 28.3. The second-order valence-electron chi connectivity index (χ2n) is 9.63. The Hall–Kier alpha value is -5.27. The predicted octanol–water partition coefficient (Wildman–Crippen LogP) is 3.82. The molecule has 0 bridgehead atoms. The number of aromatic nitrogens is 4. The Morgan fingerprint density at radius 2 is 1.74 bits per heavy atom. The zero-order chi connectivity index (χ0) is 30.2. The summed E-state index contributed by atoms with van der Waals surface area (Å²) in [4.78, 5) is 46.2. The van der Waals surface area contributed by atoms with Crippen LogP contribution in [0, 0.1) is 0 Å². The highest BCUT2D eigenvalue weighted by atomic mass is 19.4. The molecule has 1 fully saturated rings. The summed E-state index contributed by atoms with van der Waals surface area (Å²) in [5.41, 5.74) is 12.0. The maximum atomic E-state index is 12.9. The molecule has 6 N–H and O–H groups in total. The quantitative estimate of drug-likeness (QED) is 0.226. The van der Waals surface area contributed by atoms with Gasteiger partial charge in [0, 0.05) is 42.7 Å². The highest BCUT2D eigenvalue weighted by Gasteiger charge is 2.31. The average molecular weight is 579 g/mol. The molecule has 1 saturated carbocycles. The molecule has 1 amide bonds. The van der Waals surface area contributed by atoms with E-state index in [0.717, 1.165) is 42.6 Å². The van der Waals surface area contributed by atoms with Gasteiger partial charge in [-0.25, -0.2) is 15.0 Å². The number of benzene rings is 1. The molecule has 0 radical (unpaired) electrons. The molecule has 1 aliphatic rings. The van der Waals surface area contributed by atoms with Crippen LogP contribution in [0.5, 0.6) is 0 Å². The second-order valence-corrected chi connectivity index (χ2v) is 9.63. The van der Waals surface area contributed by atoms with Crippen molar-refractivity contribution in [3.63, 3.8) is 0 Å². The zero-order valence-corrected chi connectivity index (χ0v) is 22.2. The number of nitrogen functional groups attached to an aromatic ring is 2. The summed E-state index contributed by atoms with van der Waals surface area (Å²) < 4.78 is 40.6. The van der Waals surface area contributed by atoms with Crippen molar-refractivity contribution < 1.29 is 18.0 Å². The molecule has 0 saturated heterocycles. The number of carbonyl (C=O) groups is 1. The van der Waals surface area contributed by atoms with E-state index in [1.54, 1.807) is 37.5 Å². The average Bonchev–Trinajstić information content (AvgIpc) is 3.32. The predicted molar refractivity (Wildman–Crippen MR) is 152 cm³/mol. The number of hydrogen-bond donors (Lipinski definition) is 4. The number of anilines is 4. The van der Waals surface area contributed by atoms with E-state index in [2.05, 4.69) is 20.6 Å². The topological polar surface area (TPSA) is 170 Å². The second kappa shape index (κ2) is 11.0. The number of fused-ring (bicyclic) bond motifs is 1. The van der Waals surface area contributed by atoms with Gasteiger partial charge >= 0.3 is 6.18 Å². The molecule has 0 spiro atoms. The van der Waals surface area contributed by atoms with Crippen LogP contribution in [0.4, 0.5) is 36.2 Å². The minimum absolute atomic E-state index is 0.0440. The van der Waals surface area contributed by atoms with Crippen LogP contribution >= 0.6 is 0 Å². The Kier molecular flexibility index (Phi) is 7.37. The lowest BCUT2D eigenvalue weighted by Crippen LogP contribution is -2.36. The van der Waals surface area contributed by atoms with Gasteiger partial charge in [-0.05, 0) is 37.1 Å². The van der Waals surface area contributed by atoms with Crippen molar-refractivity contribution in [2.45, 2.75) is 31.4 Å². The van der Waals surface area contributed by atoms with Gasteiger partial charge in [0.2, 0.25) is 0 Å². The smallest absolute Gasteiger partial charge is 0.394 e. The number of rotatable bonds is 5. The molecule has 5 aromatic rings. The summed E-state index contributed by atoms with van der Waals surface area (Å²) in [5.74, 6) is 0.932. The fourth-order valence-corrected chi connectivity index (χ4v) is 4.54. The molecular weight excluding hydrogens is 553 g/mol. The largest absolute Gasteiger partial charge is 0.416 e. The van der Waals surface area contributed by atoms with Crippen molar-refractivity contribution in [3.05, 3.63) is 92.4 Å². The normalized spacial score (nSPS) is 13.3. The van der Waals surface area contributed by atoms with Gasteiger partial charge in [0.25, 0.3) is 16.8 Å². The molecule has 3 aromatic heterocycles. The maximum absolute atomic E-state index is 12.9. The SMILES string of the molecule is CNc1c(N)c(=O)c1=O.Nc1nccn2c(C3CCC3)nc(-c3ccc(C(=O)Nc4cc(C(F)(F)F)ccn4)cc3)c12. The number of nitrogens with two attached hydrogens (primary N) is 2. The van der Waals surface area contributed by atoms with E-state index < -0.39 is 28.5 Å². The van der Waals surface area contributed by atoms with E-state index in [1.165, 1.54) is 6.42 Å². The summed E-state index contributed by atoms with van der Waals surface area (Å²) in [6, 6.07) is 8.26. The number of imidazole rings is 1. The first-order chi connectivity index (χ1) is 20.0. The van der Waals surface area contributed by atoms with Crippen molar-refractivity contribution in [2.24, 2.45) is 0 Å². The van der Waals surface area contributed by atoms with Gasteiger partial charge in [0.05, 0.1) is 5.56 Å². The Morgan fingerprint density at radius 3 is 2.31 bits per heavy atom. The molecule has 2 aromatic carbocycles. The zero-order valence-electron chi connectivity index (χ0n) is 22.2. The van der Waals surface area contributed by atoms with E-state index in [4.69, 9.17) is 16.5 Å². The maximum Gasteiger partial charge on any atom is 0.416 e. The van der Waals surface area contributed by atoms with E-state index in [9.17, 15) is 27.6 Å². The Morgan fingerprint density at radius 1 is 1.02 bits per heavy atom. The van der Waals surface area contributed by atoms with Crippen LogP contribution in [-0.4, -0.2) is 32.3 Å². The third kappa shape index (κ3) is 5.25. The summed E-state index contributed by atoms with van der Waals surface area (Å²) in [6.45, 7) is 0. The van der Waals surface area contributed by atoms with E-state index in [-0.39, 0.29) is 22.8 Å². The van der Waals surface area contributed by atoms with E-state index >= 15 is 0 Å². The molecule has 6 rings (SSSR count). The number of nitrogens with one attached hydrogen (secondary N) is 2. The number of nitrogens with zero attached hydrogens (tertiary/aromatic N) is 4. The summed E-state index contributed by atoms with van der Waals surface area (Å²) in [7, 11) is 1.55. The van der Waals surface area contributed by atoms with E-state index in [1.807, 2.05) is 10.6 Å². The molecule has 0 unspecified atom stereocenters.